The molecule has 7 heteroatoms. The predicted molar refractivity (Wildman–Crippen MR) is 96.0 cm³/mol. The standard InChI is InChI=1S/C17H19Cl3O4/c1-2-3-4-5-6-9-23-16(21)7-8-17(22)24-15-11-13(19)12(18)10-14(15)20/h7-8,10-11H,2-6,9H2,1H3/b8-7+. The van der Waals surface area contributed by atoms with Gasteiger partial charge in [-0.2, -0.15) is 0 Å². The van der Waals surface area contributed by atoms with Crippen LogP contribution in [-0.2, 0) is 14.3 Å². The SMILES string of the molecule is CCCCCCCOC(=O)/C=C/C(=O)Oc1cc(Cl)c(Cl)cc1Cl. The Balaban J connectivity index is 2.37. The van der Waals surface area contributed by atoms with E-state index in [1.807, 2.05) is 0 Å². The Bertz CT molecular complexity index is 600. The molecule has 132 valence electrons. The highest BCUT2D eigenvalue weighted by Crippen LogP contribution is 2.33. The van der Waals surface area contributed by atoms with Gasteiger partial charge in [0.2, 0.25) is 0 Å². The molecule has 0 aliphatic carbocycles. The van der Waals surface area contributed by atoms with Crippen LogP contribution < -0.4 is 4.74 Å². The van der Waals surface area contributed by atoms with E-state index >= 15 is 0 Å². The Morgan fingerprint density at radius 2 is 1.54 bits per heavy atom. The van der Waals surface area contributed by atoms with E-state index < -0.39 is 11.9 Å². The van der Waals surface area contributed by atoms with Crippen molar-refractivity contribution >= 4 is 46.7 Å². The van der Waals surface area contributed by atoms with Crippen LogP contribution in [0.5, 0.6) is 5.75 Å². The molecular formula is C17H19Cl3O4. The summed E-state index contributed by atoms with van der Waals surface area (Å²) < 4.78 is 9.98. The molecule has 0 N–H and O–H groups in total. The number of benzene rings is 1. The third-order valence-electron chi connectivity index (χ3n) is 3.03. The number of carbonyl (C=O) groups excluding carboxylic acids is 2. The Hall–Kier alpha value is -1.23. The molecule has 0 heterocycles. The Morgan fingerprint density at radius 1 is 0.917 bits per heavy atom. The molecule has 4 nitrogen and oxygen atoms in total. The number of unbranched alkanes of at least 4 members (excludes halogenated alkanes) is 4. The Morgan fingerprint density at radius 3 is 2.25 bits per heavy atom. The van der Waals surface area contributed by atoms with Gasteiger partial charge in [-0.15, -0.1) is 0 Å². The van der Waals surface area contributed by atoms with E-state index in [1.165, 1.54) is 18.6 Å². The van der Waals surface area contributed by atoms with Crippen molar-refractivity contribution in [2.75, 3.05) is 6.61 Å². The lowest BCUT2D eigenvalue weighted by Crippen LogP contribution is -2.07. The highest BCUT2D eigenvalue weighted by atomic mass is 35.5. The smallest absolute Gasteiger partial charge is 0.336 e. The van der Waals surface area contributed by atoms with Crippen LogP contribution in [0.15, 0.2) is 24.3 Å². The van der Waals surface area contributed by atoms with Crippen LogP contribution in [0.3, 0.4) is 0 Å². The van der Waals surface area contributed by atoms with Crippen LogP contribution in [-0.4, -0.2) is 18.5 Å². The number of hydrogen-bond acceptors (Lipinski definition) is 4. The summed E-state index contributed by atoms with van der Waals surface area (Å²) in [7, 11) is 0. The number of esters is 2. The summed E-state index contributed by atoms with van der Waals surface area (Å²) in [4.78, 5) is 23.1. The Labute approximate surface area is 156 Å². The van der Waals surface area contributed by atoms with Gasteiger partial charge in [0.25, 0.3) is 0 Å². The quantitative estimate of drug-likeness (QED) is 0.179. The van der Waals surface area contributed by atoms with Crippen molar-refractivity contribution in [3.8, 4) is 5.75 Å². The van der Waals surface area contributed by atoms with Gasteiger partial charge in [0.1, 0.15) is 0 Å². The van der Waals surface area contributed by atoms with Gasteiger partial charge in [-0.25, -0.2) is 9.59 Å². The second-order valence-corrected chi connectivity index (χ2v) is 6.25. The van der Waals surface area contributed by atoms with Crippen LogP contribution in [0.2, 0.25) is 15.1 Å². The number of halogens is 3. The first-order valence-electron chi connectivity index (χ1n) is 7.65. The summed E-state index contributed by atoms with van der Waals surface area (Å²) in [6.07, 6.45) is 7.27. The molecule has 0 atom stereocenters. The maximum absolute atomic E-state index is 11.7. The molecule has 1 rings (SSSR count). The molecule has 1 aromatic carbocycles. The maximum Gasteiger partial charge on any atom is 0.336 e. The fourth-order valence-corrected chi connectivity index (χ4v) is 2.36. The lowest BCUT2D eigenvalue weighted by atomic mass is 10.2. The van der Waals surface area contributed by atoms with Gasteiger partial charge in [-0.05, 0) is 12.5 Å². The molecule has 24 heavy (non-hydrogen) atoms. The zero-order valence-corrected chi connectivity index (χ0v) is 15.6. The van der Waals surface area contributed by atoms with Crippen LogP contribution >= 0.6 is 34.8 Å². The number of carbonyl (C=O) groups is 2. The first kappa shape index (κ1) is 20.8. The second-order valence-electron chi connectivity index (χ2n) is 5.03. The fourth-order valence-electron chi connectivity index (χ4n) is 1.79. The minimum atomic E-state index is -0.768. The molecule has 0 aliphatic heterocycles. The molecule has 0 radical (unpaired) electrons. The minimum Gasteiger partial charge on any atom is -0.463 e. The summed E-state index contributed by atoms with van der Waals surface area (Å²) in [5, 5.41) is 0.593. The number of hydrogen-bond donors (Lipinski definition) is 0. The minimum absolute atomic E-state index is 0.0602. The molecule has 0 unspecified atom stereocenters. The highest BCUT2D eigenvalue weighted by Gasteiger charge is 2.10. The van der Waals surface area contributed by atoms with Gasteiger partial charge < -0.3 is 9.47 Å². The lowest BCUT2D eigenvalue weighted by molar-refractivity contribution is -0.138. The van der Waals surface area contributed by atoms with E-state index in [9.17, 15) is 9.59 Å². The van der Waals surface area contributed by atoms with Crippen molar-refractivity contribution in [2.45, 2.75) is 39.0 Å². The van der Waals surface area contributed by atoms with Crippen LogP contribution in [0, 0.1) is 0 Å². The van der Waals surface area contributed by atoms with Crippen molar-refractivity contribution in [1.82, 2.24) is 0 Å². The van der Waals surface area contributed by atoms with Gasteiger partial charge in [0.05, 0.1) is 21.7 Å². The van der Waals surface area contributed by atoms with Gasteiger partial charge in [-0.1, -0.05) is 67.4 Å². The van der Waals surface area contributed by atoms with Crippen LogP contribution in [0.1, 0.15) is 39.0 Å². The van der Waals surface area contributed by atoms with Crippen molar-refractivity contribution < 1.29 is 19.1 Å². The third kappa shape index (κ3) is 8.04. The van der Waals surface area contributed by atoms with Crippen molar-refractivity contribution in [3.63, 3.8) is 0 Å². The molecule has 1 aromatic rings. The molecular weight excluding hydrogens is 375 g/mol. The van der Waals surface area contributed by atoms with Gasteiger partial charge in [0, 0.05) is 18.2 Å². The van der Waals surface area contributed by atoms with Crippen molar-refractivity contribution in [1.29, 1.82) is 0 Å². The van der Waals surface area contributed by atoms with E-state index in [2.05, 4.69) is 6.92 Å². The monoisotopic (exact) mass is 392 g/mol. The van der Waals surface area contributed by atoms with Gasteiger partial charge >= 0.3 is 11.9 Å². The second kappa shape index (κ2) is 11.3. The lowest BCUT2D eigenvalue weighted by Gasteiger charge is -2.05. The predicted octanol–water partition coefficient (Wildman–Crippen LogP) is 5.62. The average Bonchev–Trinajstić information content (AvgIpc) is 2.54. The van der Waals surface area contributed by atoms with Crippen molar-refractivity contribution in [3.05, 3.63) is 39.4 Å². The summed E-state index contributed by atoms with van der Waals surface area (Å²) in [5.41, 5.74) is 0. The van der Waals surface area contributed by atoms with Gasteiger partial charge in [0.15, 0.2) is 5.75 Å². The average molecular weight is 394 g/mol. The zero-order chi connectivity index (χ0) is 17.9. The van der Waals surface area contributed by atoms with Crippen LogP contribution in [0.25, 0.3) is 0 Å². The summed E-state index contributed by atoms with van der Waals surface area (Å²) in [6.45, 7) is 2.47. The highest BCUT2D eigenvalue weighted by molar-refractivity contribution is 6.43. The molecule has 0 saturated heterocycles. The first-order valence-corrected chi connectivity index (χ1v) is 8.78. The molecule has 0 fully saturated rings. The molecule has 0 saturated carbocycles. The van der Waals surface area contributed by atoms with Crippen molar-refractivity contribution in [2.24, 2.45) is 0 Å². The maximum atomic E-state index is 11.7. The zero-order valence-electron chi connectivity index (χ0n) is 13.3. The Kier molecular flexibility index (Phi) is 9.84. The molecule has 0 amide bonds. The van der Waals surface area contributed by atoms with E-state index in [0.717, 1.165) is 37.8 Å². The first-order chi connectivity index (χ1) is 11.4. The molecule has 0 spiro atoms. The van der Waals surface area contributed by atoms with E-state index in [-0.39, 0.29) is 20.8 Å². The summed E-state index contributed by atoms with van der Waals surface area (Å²) in [6, 6.07) is 2.69. The van der Waals surface area contributed by atoms with Crippen LogP contribution in [0.4, 0.5) is 0 Å². The molecule has 0 bridgehead atoms. The normalized spacial score (nSPS) is 10.8. The van der Waals surface area contributed by atoms with Gasteiger partial charge in [-0.3, -0.25) is 0 Å². The summed E-state index contributed by atoms with van der Waals surface area (Å²) in [5.74, 6) is -1.30. The topological polar surface area (TPSA) is 52.6 Å². The molecule has 0 aliphatic rings. The van der Waals surface area contributed by atoms with E-state index in [1.54, 1.807) is 0 Å². The third-order valence-corrected chi connectivity index (χ3v) is 4.05. The van der Waals surface area contributed by atoms with E-state index in [4.69, 9.17) is 44.3 Å². The largest absolute Gasteiger partial charge is 0.463 e. The molecule has 0 aromatic heterocycles. The fraction of sp³-hybridized carbons (Fsp3) is 0.412. The number of rotatable bonds is 9. The van der Waals surface area contributed by atoms with E-state index in [0.29, 0.717) is 6.61 Å². The number of ether oxygens (including phenoxy) is 2. The summed E-state index contributed by atoms with van der Waals surface area (Å²) >= 11 is 17.5.